The number of fused-ring (bicyclic) bond motifs is 2. The van der Waals surface area contributed by atoms with Crippen molar-refractivity contribution < 1.29 is 28.8 Å². The number of methoxy groups -OCH3 is 1. The number of ether oxygens (including phenoxy) is 2. The molecule has 9 nitrogen and oxygen atoms in total. The van der Waals surface area contributed by atoms with Crippen molar-refractivity contribution >= 4 is 37.3 Å². The standard InChI is InChI=1S/C30H33N3O6Si/c1-21-15-23(25-9-7-8-10-27(25)32-21)18-38-24-12-11-22-17-33(28(34)26(22)16-24)19-30(29(35)36-2,31-20-39-37-3)13-14-40(4,5)6/h7-12,15-16,20H,17-19H2,1-6H3/t30-/m1/s1. The van der Waals surface area contributed by atoms with Gasteiger partial charge in [-0.2, -0.15) is 4.89 Å². The summed E-state index contributed by atoms with van der Waals surface area (Å²) >= 11 is 0. The molecule has 1 aromatic heterocycles. The van der Waals surface area contributed by atoms with Crippen LogP contribution in [-0.2, 0) is 32.5 Å². The molecule has 0 N–H and O–H groups in total. The second kappa shape index (κ2) is 11.9. The van der Waals surface area contributed by atoms with Crippen LogP contribution < -0.4 is 4.74 Å². The molecule has 0 saturated carbocycles. The van der Waals surface area contributed by atoms with Gasteiger partial charge >= 0.3 is 5.97 Å². The van der Waals surface area contributed by atoms with E-state index in [2.05, 4.69) is 26.3 Å². The Bertz CT molecular complexity index is 1520. The number of benzene rings is 2. The highest BCUT2D eigenvalue weighted by atomic mass is 28.3. The van der Waals surface area contributed by atoms with Gasteiger partial charge < -0.3 is 19.3 Å². The number of nitrogens with zero attached hydrogens (tertiary/aromatic N) is 3. The summed E-state index contributed by atoms with van der Waals surface area (Å²) in [6.07, 6.45) is 1.000. The van der Waals surface area contributed by atoms with Crippen LogP contribution in [0.4, 0.5) is 0 Å². The first-order valence-corrected chi connectivity index (χ1v) is 16.3. The van der Waals surface area contributed by atoms with Crippen LogP contribution in [0.5, 0.6) is 5.75 Å². The number of carbonyl (C=O) groups excluding carboxylic acids is 2. The van der Waals surface area contributed by atoms with E-state index in [-0.39, 0.29) is 19.0 Å². The third-order valence-corrected chi connectivity index (χ3v) is 7.16. The molecule has 1 atom stereocenters. The van der Waals surface area contributed by atoms with Crippen molar-refractivity contribution in [2.24, 2.45) is 4.99 Å². The molecule has 1 amide bonds. The Morgan fingerprint density at radius 1 is 1.18 bits per heavy atom. The lowest BCUT2D eigenvalue weighted by atomic mass is 10.0. The number of para-hydroxylation sites is 1. The van der Waals surface area contributed by atoms with Crippen LogP contribution in [0.2, 0.25) is 19.6 Å². The van der Waals surface area contributed by atoms with Crippen molar-refractivity contribution in [3.63, 3.8) is 0 Å². The highest BCUT2D eigenvalue weighted by Crippen LogP contribution is 2.30. The predicted octanol–water partition coefficient (Wildman–Crippen LogP) is 4.48. The van der Waals surface area contributed by atoms with Gasteiger partial charge in [0.1, 0.15) is 20.4 Å². The van der Waals surface area contributed by atoms with Gasteiger partial charge in [0, 0.05) is 28.8 Å². The van der Waals surface area contributed by atoms with E-state index in [1.54, 1.807) is 6.07 Å². The minimum Gasteiger partial charge on any atom is -0.489 e. The number of hydrogen-bond acceptors (Lipinski definition) is 8. The van der Waals surface area contributed by atoms with Crippen molar-refractivity contribution in [3.8, 4) is 17.2 Å². The van der Waals surface area contributed by atoms with Crippen LogP contribution in [-0.4, -0.2) is 62.5 Å². The number of hydrogen-bond donors (Lipinski definition) is 0. The number of aromatic nitrogens is 1. The third-order valence-electron chi connectivity index (χ3n) is 6.28. The molecule has 2 aromatic carbocycles. The van der Waals surface area contributed by atoms with Gasteiger partial charge in [-0.25, -0.2) is 9.79 Å². The fourth-order valence-electron chi connectivity index (χ4n) is 4.40. The molecule has 2 heterocycles. The SMILES string of the molecule is COOC=N[C@](C#C[Si](C)(C)C)(CN1Cc2ccc(OCc3cc(C)nc4ccccc34)cc2C1=O)C(=O)OC. The van der Waals surface area contributed by atoms with Crippen molar-refractivity contribution in [2.45, 2.75) is 45.3 Å². The maximum atomic E-state index is 13.5. The van der Waals surface area contributed by atoms with Gasteiger partial charge in [0.05, 0.1) is 26.3 Å². The Balaban J connectivity index is 1.58. The van der Waals surface area contributed by atoms with Gasteiger partial charge in [0.25, 0.3) is 5.91 Å². The Morgan fingerprint density at radius 3 is 2.67 bits per heavy atom. The van der Waals surface area contributed by atoms with Crippen LogP contribution in [0.15, 0.2) is 53.5 Å². The van der Waals surface area contributed by atoms with Gasteiger partial charge in [0.15, 0.2) is 0 Å². The second-order valence-corrected chi connectivity index (χ2v) is 15.3. The highest BCUT2D eigenvalue weighted by molar-refractivity contribution is 6.83. The first-order chi connectivity index (χ1) is 19.0. The number of esters is 1. The van der Waals surface area contributed by atoms with Gasteiger partial charge in [-0.1, -0.05) is 49.8 Å². The summed E-state index contributed by atoms with van der Waals surface area (Å²) in [6.45, 7) is 8.59. The maximum Gasteiger partial charge on any atom is 0.348 e. The molecular formula is C30H33N3O6Si. The first-order valence-electron chi connectivity index (χ1n) is 12.8. The molecule has 0 radical (unpaired) electrons. The summed E-state index contributed by atoms with van der Waals surface area (Å²) in [7, 11) is 0.665. The molecule has 1 aliphatic rings. The second-order valence-electron chi connectivity index (χ2n) is 10.6. The van der Waals surface area contributed by atoms with E-state index in [0.29, 0.717) is 17.9 Å². The average Bonchev–Trinajstić information content (AvgIpc) is 3.23. The van der Waals surface area contributed by atoms with E-state index >= 15 is 0 Å². The lowest BCUT2D eigenvalue weighted by molar-refractivity contribution is -0.188. The monoisotopic (exact) mass is 559 g/mol. The van der Waals surface area contributed by atoms with E-state index in [1.807, 2.05) is 69.0 Å². The van der Waals surface area contributed by atoms with E-state index in [4.69, 9.17) is 14.4 Å². The molecule has 0 aliphatic carbocycles. The molecule has 40 heavy (non-hydrogen) atoms. The molecule has 0 unspecified atom stereocenters. The molecule has 0 spiro atoms. The molecule has 0 fully saturated rings. The fourth-order valence-corrected chi connectivity index (χ4v) is 4.99. The maximum absolute atomic E-state index is 13.5. The molecular weight excluding hydrogens is 526 g/mol. The normalized spacial score (nSPS) is 14.4. The number of pyridine rings is 1. The van der Waals surface area contributed by atoms with Gasteiger partial charge in [-0.3, -0.25) is 9.78 Å². The number of aryl methyl sites for hydroxylation is 1. The lowest BCUT2D eigenvalue weighted by Crippen LogP contribution is -2.48. The van der Waals surface area contributed by atoms with Crippen LogP contribution in [0.1, 0.15) is 27.2 Å². The Morgan fingerprint density at radius 2 is 1.95 bits per heavy atom. The summed E-state index contributed by atoms with van der Waals surface area (Å²) < 4.78 is 11.2. The summed E-state index contributed by atoms with van der Waals surface area (Å²) in [6, 6.07) is 15.4. The Hall–Kier alpha value is -4.20. The topological polar surface area (TPSA) is 99.5 Å². The van der Waals surface area contributed by atoms with E-state index in [9.17, 15) is 9.59 Å². The van der Waals surface area contributed by atoms with Crippen molar-refractivity contribution in [2.75, 3.05) is 20.8 Å². The molecule has 1 aliphatic heterocycles. The van der Waals surface area contributed by atoms with Crippen LogP contribution in [0.25, 0.3) is 10.9 Å². The van der Waals surface area contributed by atoms with Crippen LogP contribution >= 0.6 is 0 Å². The van der Waals surface area contributed by atoms with Crippen LogP contribution in [0.3, 0.4) is 0 Å². The number of amides is 1. The number of aliphatic imine (C=N–C) groups is 1. The molecule has 208 valence electrons. The Labute approximate surface area is 235 Å². The molecule has 4 rings (SSSR count). The van der Waals surface area contributed by atoms with Crippen LogP contribution in [0, 0.1) is 18.4 Å². The zero-order chi connectivity index (χ0) is 28.9. The minimum absolute atomic E-state index is 0.118. The number of carbonyl (C=O) groups is 2. The summed E-state index contributed by atoms with van der Waals surface area (Å²) in [5.74, 6) is 2.63. The van der Waals surface area contributed by atoms with Gasteiger partial charge in [-0.15, -0.1) is 5.54 Å². The van der Waals surface area contributed by atoms with Crippen molar-refractivity contribution in [1.29, 1.82) is 0 Å². The predicted molar refractivity (Wildman–Crippen MR) is 154 cm³/mol. The zero-order valence-electron chi connectivity index (χ0n) is 23.6. The van der Waals surface area contributed by atoms with Gasteiger partial charge in [0.2, 0.25) is 11.9 Å². The van der Waals surface area contributed by atoms with E-state index < -0.39 is 19.6 Å². The smallest absolute Gasteiger partial charge is 0.348 e. The summed E-state index contributed by atoms with van der Waals surface area (Å²) in [5.41, 5.74) is 5.65. The minimum atomic E-state index is -1.91. The van der Waals surface area contributed by atoms with E-state index in [0.717, 1.165) is 34.1 Å². The Kier molecular flexibility index (Phi) is 8.57. The van der Waals surface area contributed by atoms with E-state index in [1.165, 1.54) is 19.1 Å². The van der Waals surface area contributed by atoms with Crippen molar-refractivity contribution in [3.05, 3.63) is 70.9 Å². The highest BCUT2D eigenvalue weighted by Gasteiger charge is 2.43. The quantitative estimate of drug-likeness (QED) is 0.0725. The zero-order valence-corrected chi connectivity index (χ0v) is 24.6. The lowest BCUT2D eigenvalue weighted by Gasteiger charge is -2.27. The largest absolute Gasteiger partial charge is 0.489 e. The molecule has 0 bridgehead atoms. The van der Waals surface area contributed by atoms with Gasteiger partial charge in [-0.05, 0) is 36.8 Å². The molecule has 10 heteroatoms. The fraction of sp³-hybridized carbons (Fsp3) is 0.333. The summed E-state index contributed by atoms with van der Waals surface area (Å²) in [5, 5.41) is 1.02. The molecule has 0 saturated heterocycles. The third kappa shape index (κ3) is 6.50. The van der Waals surface area contributed by atoms with Crippen molar-refractivity contribution in [1.82, 2.24) is 9.88 Å². The average molecular weight is 560 g/mol. The number of rotatable bonds is 9. The molecule has 3 aromatic rings. The first kappa shape index (κ1) is 28.8. The summed E-state index contributed by atoms with van der Waals surface area (Å²) in [4.78, 5) is 46.3.